The van der Waals surface area contributed by atoms with Crippen LogP contribution in [0.2, 0.25) is 0 Å². The van der Waals surface area contributed by atoms with Gasteiger partial charge in [0.1, 0.15) is 12.6 Å². The van der Waals surface area contributed by atoms with E-state index in [2.05, 4.69) is 21.7 Å². The maximum atomic E-state index is 12.9. The second-order valence-corrected chi connectivity index (χ2v) is 8.20. The van der Waals surface area contributed by atoms with Gasteiger partial charge in [-0.15, -0.1) is 0 Å². The molecule has 2 heterocycles. The van der Waals surface area contributed by atoms with Gasteiger partial charge in [0.15, 0.2) is 0 Å². The topological polar surface area (TPSA) is 94.3 Å². The van der Waals surface area contributed by atoms with E-state index in [0.717, 1.165) is 46.2 Å². The Morgan fingerprint density at radius 3 is 2.81 bits per heavy atom. The molecule has 0 spiro atoms. The van der Waals surface area contributed by atoms with Crippen LogP contribution >= 0.6 is 0 Å². The number of urea groups is 1. The standard InChI is InChI=1S/C24H24N4O3/c29-22(26-20-11-5-7-15-6-1-2-8-17(15)20)14-28-23(30)21(27-24(28)31)12-16-13-25-19-10-4-3-9-18(16)19/h1-4,6,8-10,13,20-21,25H,5,7,11-12,14H2,(H,26,29)(H,27,31)/t20-,21-/m1/s1. The minimum atomic E-state index is -0.671. The van der Waals surface area contributed by atoms with Crippen molar-refractivity contribution in [3.05, 3.63) is 71.4 Å². The number of aromatic amines is 1. The number of H-pyrrole nitrogens is 1. The molecule has 31 heavy (non-hydrogen) atoms. The van der Waals surface area contributed by atoms with Crippen LogP contribution in [-0.4, -0.2) is 40.3 Å². The van der Waals surface area contributed by atoms with Crippen molar-refractivity contribution in [1.82, 2.24) is 20.5 Å². The summed E-state index contributed by atoms with van der Waals surface area (Å²) >= 11 is 0. The molecule has 2 aromatic carbocycles. The number of carbonyl (C=O) groups excluding carboxylic acids is 3. The molecule has 1 saturated heterocycles. The van der Waals surface area contributed by atoms with Crippen LogP contribution < -0.4 is 10.6 Å². The van der Waals surface area contributed by atoms with Crippen LogP contribution in [0.15, 0.2) is 54.7 Å². The normalized spacial score (nSPS) is 20.6. The highest BCUT2D eigenvalue weighted by Gasteiger charge is 2.39. The number of aromatic nitrogens is 1. The smallest absolute Gasteiger partial charge is 0.325 e. The fraction of sp³-hybridized carbons (Fsp3) is 0.292. The monoisotopic (exact) mass is 416 g/mol. The molecular weight excluding hydrogens is 392 g/mol. The molecule has 2 atom stereocenters. The number of benzene rings is 2. The molecule has 1 aliphatic heterocycles. The van der Waals surface area contributed by atoms with Crippen LogP contribution in [0.3, 0.4) is 0 Å². The van der Waals surface area contributed by atoms with Gasteiger partial charge < -0.3 is 15.6 Å². The number of nitrogens with zero attached hydrogens (tertiary/aromatic N) is 1. The second kappa shape index (κ2) is 7.91. The van der Waals surface area contributed by atoms with E-state index in [0.29, 0.717) is 6.42 Å². The quantitative estimate of drug-likeness (QED) is 0.558. The van der Waals surface area contributed by atoms with E-state index < -0.39 is 12.1 Å². The number of fused-ring (bicyclic) bond motifs is 2. The lowest BCUT2D eigenvalue weighted by Gasteiger charge is -2.27. The first-order valence-electron chi connectivity index (χ1n) is 10.6. The minimum absolute atomic E-state index is 0.0831. The number of imide groups is 1. The number of amides is 4. The third-order valence-electron chi connectivity index (χ3n) is 6.21. The number of hydrogen-bond donors (Lipinski definition) is 3. The lowest BCUT2D eigenvalue weighted by Crippen LogP contribution is -2.42. The highest BCUT2D eigenvalue weighted by atomic mass is 16.2. The van der Waals surface area contributed by atoms with Gasteiger partial charge in [-0.3, -0.25) is 14.5 Å². The van der Waals surface area contributed by atoms with Gasteiger partial charge in [0, 0.05) is 23.5 Å². The van der Waals surface area contributed by atoms with Crippen molar-refractivity contribution in [2.75, 3.05) is 6.54 Å². The molecule has 1 fully saturated rings. The lowest BCUT2D eigenvalue weighted by molar-refractivity contribution is -0.132. The maximum Gasteiger partial charge on any atom is 0.325 e. The fourth-order valence-corrected chi connectivity index (χ4v) is 4.67. The van der Waals surface area contributed by atoms with Crippen molar-refractivity contribution in [2.24, 2.45) is 0 Å². The zero-order valence-electron chi connectivity index (χ0n) is 17.1. The van der Waals surface area contributed by atoms with Crippen molar-refractivity contribution in [1.29, 1.82) is 0 Å². The highest BCUT2D eigenvalue weighted by molar-refractivity contribution is 6.06. The van der Waals surface area contributed by atoms with Gasteiger partial charge in [-0.05, 0) is 42.0 Å². The first-order valence-corrected chi connectivity index (χ1v) is 10.6. The van der Waals surface area contributed by atoms with E-state index in [1.807, 2.05) is 48.7 Å². The summed E-state index contributed by atoms with van der Waals surface area (Å²) in [5, 5.41) is 6.76. The van der Waals surface area contributed by atoms with Crippen molar-refractivity contribution >= 4 is 28.7 Å². The summed E-state index contributed by atoms with van der Waals surface area (Å²) in [5.74, 6) is -0.688. The summed E-state index contributed by atoms with van der Waals surface area (Å²) in [5.41, 5.74) is 4.31. The fourth-order valence-electron chi connectivity index (χ4n) is 4.67. The Labute approximate surface area is 179 Å². The molecule has 3 N–H and O–H groups in total. The van der Waals surface area contributed by atoms with Crippen LogP contribution in [0.4, 0.5) is 4.79 Å². The summed E-state index contributed by atoms with van der Waals surface area (Å²) in [6.45, 7) is -0.270. The lowest BCUT2D eigenvalue weighted by atomic mass is 9.88. The first kappa shape index (κ1) is 19.4. The predicted molar refractivity (Wildman–Crippen MR) is 116 cm³/mol. The van der Waals surface area contributed by atoms with Gasteiger partial charge in [0.2, 0.25) is 5.91 Å². The Balaban J connectivity index is 1.24. The molecule has 1 aromatic heterocycles. The molecule has 0 radical (unpaired) electrons. The van der Waals surface area contributed by atoms with Crippen LogP contribution in [0.25, 0.3) is 10.9 Å². The van der Waals surface area contributed by atoms with Crippen molar-refractivity contribution in [2.45, 2.75) is 37.8 Å². The number of aryl methyl sites for hydroxylation is 1. The van der Waals surface area contributed by atoms with E-state index in [9.17, 15) is 14.4 Å². The predicted octanol–water partition coefficient (Wildman–Crippen LogP) is 2.82. The molecule has 3 aromatic rings. The molecule has 7 heteroatoms. The molecule has 4 amide bonds. The van der Waals surface area contributed by atoms with Crippen LogP contribution in [-0.2, 0) is 22.4 Å². The Kier molecular flexibility index (Phi) is 4.94. The van der Waals surface area contributed by atoms with Gasteiger partial charge in [-0.2, -0.15) is 0 Å². The highest BCUT2D eigenvalue weighted by Crippen LogP contribution is 2.29. The van der Waals surface area contributed by atoms with Gasteiger partial charge in [0.25, 0.3) is 5.91 Å². The molecule has 7 nitrogen and oxygen atoms in total. The summed E-state index contributed by atoms with van der Waals surface area (Å²) < 4.78 is 0. The van der Waals surface area contributed by atoms with Crippen LogP contribution in [0.1, 0.15) is 35.6 Å². The molecule has 0 bridgehead atoms. The minimum Gasteiger partial charge on any atom is -0.361 e. The average Bonchev–Trinajstić information content (AvgIpc) is 3.30. The van der Waals surface area contributed by atoms with Crippen molar-refractivity contribution in [3.63, 3.8) is 0 Å². The largest absolute Gasteiger partial charge is 0.361 e. The maximum absolute atomic E-state index is 12.9. The summed E-state index contributed by atoms with van der Waals surface area (Å²) in [6.07, 6.45) is 5.09. The summed E-state index contributed by atoms with van der Waals surface area (Å²) in [6, 6.07) is 14.6. The van der Waals surface area contributed by atoms with E-state index in [1.165, 1.54) is 5.56 Å². The summed E-state index contributed by atoms with van der Waals surface area (Å²) in [4.78, 5) is 42.2. The number of para-hydroxylation sites is 1. The van der Waals surface area contributed by atoms with E-state index >= 15 is 0 Å². The van der Waals surface area contributed by atoms with Gasteiger partial charge >= 0.3 is 6.03 Å². The van der Waals surface area contributed by atoms with Crippen molar-refractivity contribution < 1.29 is 14.4 Å². The molecule has 158 valence electrons. The third kappa shape index (κ3) is 3.67. The zero-order chi connectivity index (χ0) is 21.4. The van der Waals surface area contributed by atoms with Crippen LogP contribution in [0.5, 0.6) is 0 Å². The Hall–Kier alpha value is -3.61. The average molecular weight is 416 g/mol. The zero-order valence-corrected chi connectivity index (χ0v) is 17.1. The molecule has 0 unspecified atom stereocenters. The van der Waals surface area contributed by atoms with E-state index in [-0.39, 0.29) is 24.4 Å². The van der Waals surface area contributed by atoms with Gasteiger partial charge in [-0.25, -0.2) is 4.79 Å². The number of hydrogen-bond acceptors (Lipinski definition) is 3. The Morgan fingerprint density at radius 2 is 1.90 bits per heavy atom. The van der Waals surface area contributed by atoms with Crippen molar-refractivity contribution in [3.8, 4) is 0 Å². The van der Waals surface area contributed by atoms with Gasteiger partial charge in [0.05, 0.1) is 6.04 Å². The van der Waals surface area contributed by atoms with Gasteiger partial charge in [-0.1, -0.05) is 42.5 Å². The Bertz CT molecular complexity index is 1170. The molecule has 5 rings (SSSR count). The summed E-state index contributed by atoms with van der Waals surface area (Å²) in [7, 11) is 0. The first-order chi connectivity index (χ1) is 15.1. The number of rotatable bonds is 5. The van der Waals surface area contributed by atoms with Crippen LogP contribution in [0, 0.1) is 0 Å². The molecule has 1 aliphatic carbocycles. The Morgan fingerprint density at radius 1 is 1.10 bits per heavy atom. The molecule has 0 saturated carbocycles. The SMILES string of the molecule is O=C(CN1C(=O)N[C@H](Cc2c[nH]c3ccccc23)C1=O)N[C@@H]1CCCc2ccccc21. The second-order valence-electron chi connectivity index (χ2n) is 8.20. The number of nitrogens with one attached hydrogen (secondary N) is 3. The third-order valence-corrected chi connectivity index (χ3v) is 6.21. The van der Waals surface area contributed by atoms with E-state index in [1.54, 1.807) is 0 Å². The van der Waals surface area contributed by atoms with E-state index in [4.69, 9.17) is 0 Å². The number of carbonyl (C=O) groups is 3. The molecule has 2 aliphatic rings. The molecular formula is C24H24N4O3.